The summed E-state index contributed by atoms with van der Waals surface area (Å²) in [4.78, 5) is 21.8. The molecular formula is C20H14Cl2O5. The second kappa shape index (κ2) is 8.29. The van der Waals surface area contributed by atoms with E-state index in [4.69, 9.17) is 32.7 Å². The second-order valence-electron chi connectivity index (χ2n) is 5.63. The lowest BCUT2D eigenvalue weighted by atomic mass is 10.0. The molecule has 0 bridgehead atoms. The molecule has 0 saturated carbocycles. The summed E-state index contributed by atoms with van der Waals surface area (Å²) >= 11 is 11.0. The van der Waals surface area contributed by atoms with E-state index in [9.17, 15) is 14.7 Å². The fourth-order valence-electron chi connectivity index (χ4n) is 2.54. The summed E-state index contributed by atoms with van der Waals surface area (Å²) in [6, 6.07) is 17.7. The van der Waals surface area contributed by atoms with Crippen molar-refractivity contribution >= 4 is 45.9 Å². The zero-order valence-corrected chi connectivity index (χ0v) is 15.4. The molecule has 0 radical (unpaired) electrons. The van der Waals surface area contributed by atoms with E-state index >= 15 is 0 Å². The van der Waals surface area contributed by atoms with Crippen LogP contribution in [0.3, 0.4) is 0 Å². The van der Waals surface area contributed by atoms with E-state index in [1.807, 2.05) is 30.3 Å². The molecule has 0 unspecified atom stereocenters. The van der Waals surface area contributed by atoms with Crippen LogP contribution in [-0.2, 0) is 11.4 Å². The fraction of sp³-hybridized carbons (Fsp3) is 0.100. The quantitative estimate of drug-likeness (QED) is 0.362. The number of aromatic carboxylic acids is 1. The molecule has 0 atom stereocenters. The average Bonchev–Trinajstić information content (AvgIpc) is 2.66. The molecule has 3 aromatic carbocycles. The molecule has 0 fully saturated rings. The minimum atomic E-state index is -1.42. The highest BCUT2D eigenvalue weighted by molar-refractivity contribution is 6.53. The third-order valence-corrected chi connectivity index (χ3v) is 4.15. The Labute approximate surface area is 165 Å². The molecule has 27 heavy (non-hydrogen) atoms. The van der Waals surface area contributed by atoms with Gasteiger partial charge < -0.3 is 14.6 Å². The number of fused-ring (bicyclic) bond motifs is 1. The Morgan fingerprint density at radius 2 is 1.70 bits per heavy atom. The molecular weight excluding hydrogens is 391 g/mol. The van der Waals surface area contributed by atoms with Gasteiger partial charge in [0.1, 0.15) is 23.7 Å². The van der Waals surface area contributed by atoms with Gasteiger partial charge in [-0.15, -0.1) is 0 Å². The maximum Gasteiger partial charge on any atom is 0.344 e. The smallest absolute Gasteiger partial charge is 0.344 e. The molecule has 0 aliphatic heterocycles. The van der Waals surface area contributed by atoms with Crippen molar-refractivity contribution in [3.05, 3.63) is 71.8 Å². The van der Waals surface area contributed by atoms with Gasteiger partial charge in [-0.2, -0.15) is 0 Å². The normalized spacial score (nSPS) is 10.8. The molecule has 0 heterocycles. The molecule has 0 amide bonds. The van der Waals surface area contributed by atoms with Crippen LogP contribution in [0.15, 0.2) is 60.7 Å². The number of rotatable bonds is 6. The fourth-order valence-corrected chi connectivity index (χ4v) is 2.63. The predicted octanol–water partition coefficient (Wildman–Crippen LogP) is 4.83. The minimum absolute atomic E-state index is 0.151. The van der Waals surface area contributed by atoms with Crippen LogP contribution in [-0.4, -0.2) is 21.9 Å². The number of hydrogen-bond acceptors (Lipinski definition) is 4. The number of carbonyl (C=O) groups excluding carboxylic acids is 1. The average molecular weight is 405 g/mol. The van der Waals surface area contributed by atoms with Gasteiger partial charge in [0.2, 0.25) is 4.84 Å². The van der Waals surface area contributed by atoms with Crippen LogP contribution in [0.2, 0.25) is 0 Å². The summed E-state index contributed by atoms with van der Waals surface area (Å²) in [5, 5.41) is 10.6. The first-order valence-corrected chi connectivity index (χ1v) is 8.79. The van der Waals surface area contributed by atoms with E-state index in [2.05, 4.69) is 0 Å². The Bertz CT molecular complexity index is 986. The SMILES string of the molecule is O=C(O)c1cc2cccc(OCc3ccccc3)c2cc1OC(=O)C(Cl)Cl. The Kier molecular flexibility index (Phi) is 5.84. The molecule has 0 saturated heterocycles. The maximum atomic E-state index is 11.7. The van der Waals surface area contributed by atoms with Crippen molar-refractivity contribution in [1.82, 2.24) is 0 Å². The number of carboxylic acids is 1. The first kappa shape index (κ1) is 19.0. The van der Waals surface area contributed by atoms with Gasteiger partial charge in [-0.25, -0.2) is 9.59 Å². The lowest BCUT2D eigenvalue weighted by Crippen LogP contribution is -2.17. The molecule has 3 rings (SSSR count). The van der Waals surface area contributed by atoms with Crippen LogP contribution in [0.5, 0.6) is 11.5 Å². The molecule has 0 aliphatic carbocycles. The Hall–Kier alpha value is -2.76. The van der Waals surface area contributed by atoms with E-state index in [0.717, 1.165) is 5.56 Å². The summed E-state index contributed by atoms with van der Waals surface area (Å²) in [5.74, 6) is -1.82. The molecule has 0 aromatic heterocycles. The molecule has 3 aromatic rings. The Morgan fingerprint density at radius 1 is 0.963 bits per heavy atom. The third kappa shape index (κ3) is 4.51. The van der Waals surface area contributed by atoms with Crippen molar-refractivity contribution in [2.24, 2.45) is 0 Å². The highest BCUT2D eigenvalue weighted by Gasteiger charge is 2.20. The topological polar surface area (TPSA) is 72.8 Å². The zero-order chi connectivity index (χ0) is 19.4. The number of benzene rings is 3. The largest absolute Gasteiger partial charge is 0.488 e. The first-order valence-electron chi connectivity index (χ1n) is 7.92. The van der Waals surface area contributed by atoms with Crippen LogP contribution < -0.4 is 9.47 Å². The second-order valence-corrected chi connectivity index (χ2v) is 6.72. The van der Waals surface area contributed by atoms with Gasteiger partial charge in [-0.3, -0.25) is 0 Å². The van der Waals surface area contributed by atoms with Gasteiger partial charge in [-0.1, -0.05) is 65.7 Å². The van der Waals surface area contributed by atoms with E-state index in [0.29, 0.717) is 23.1 Å². The highest BCUT2D eigenvalue weighted by atomic mass is 35.5. The van der Waals surface area contributed by atoms with Crippen LogP contribution in [0.25, 0.3) is 10.8 Å². The number of esters is 1. The summed E-state index contributed by atoms with van der Waals surface area (Å²) in [6.45, 7) is 0.335. The molecule has 5 nitrogen and oxygen atoms in total. The van der Waals surface area contributed by atoms with Gasteiger partial charge in [0.25, 0.3) is 0 Å². The number of hydrogen-bond donors (Lipinski definition) is 1. The lowest BCUT2D eigenvalue weighted by molar-refractivity contribution is -0.132. The van der Waals surface area contributed by atoms with Crippen LogP contribution >= 0.6 is 23.2 Å². The van der Waals surface area contributed by atoms with Gasteiger partial charge in [0.05, 0.1) is 0 Å². The Balaban J connectivity index is 2.00. The van der Waals surface area contributed by atoms with Crippen molar-refractivity contribution in [3.63, 3.8) is 0 Å². The van der Waals surface area contributed by atoms with Crippen molar-refractivity contribution in [2.75, 3.05) is 0 Å². The van der Waals surface area contributed by atoms with E-state index < -0.39 is 16.8 Å². The number of halogens is 2. The molecule has 138 valence electrons. The maximum absolute atomic E-state index is 11.7. The standard InChI is InChI=1S/C20H14Cl2O5/c21-18(22)20(25)27-17-10-14-13(9-15(17)19(23)24)7-4-8-16(14)26-11-12-5-2-1-3-6-12/h1-10,18H,11H2,(H,23,24). The summed E-state index contributed by atoms with van der Waals surface area (Å²) in [7, 11) is 0. The summed E-state index contributed by atoms with van der Waals surface area (Å²) < 4.78 is 10.9. The monoisotopic (exact) mass is 404 g/mol. The van der Waals surface area contributed by atoms with Crippen molar-refractivity contribution in [2.45, 2.75) is 11.4 Å². The van der Waals surface area contributed by atoms with Crippen LogP contribution in [0.4, 0.5) is 0 Å². The molecule has 1 N–H and O–H groups in total. The van der Waals surface area contributed by atoms with Gasteiger partial charge >= 0.3 is 11.9 Å². The zero-order valence-electron chi connectivity index (χ0n) is 13.9. The number of carbonyl (C=O) groups is 2. The van der Waals surface area contributed by atoms with Gasteiger partial charge in [0, 0.05) is 5.39 Å². The predicted molar refractivity (Wildman–Crippen MR) is 103 cm³/mol. The van der Waals surface area contributed by atoms with Crippen LogP contribution in [0, 0.1) is 0 Å². The summed E-state index contributed by atoms with van der Waals surface area (Å²) in [6.07, 6.45) is 0. The van der Waals surface area contributed by atoms with E-state index in [1.165, 1.54) is 12.1 Å². The third-order valence-electron chi connectivity index (χ3n) is 3.80. The van der Waals surface area contributed by atoms with E-state index in [1.54, 1.807) is 18.2 Å². The minimum Gasteiger partial charge on any atom is -0.488 e. The molecule has 0 aliphatic rings. The summed E-state index contributed by atoms with van der Waals surface area (Å²) in [5.41, 5.74) is 0.806. The molecule has 7 heteroatoms. The van der Waals surface area contributed by atoms with Gasteiger partial charge in [0.15, 0.2) is 0 Å². The Morgan fingerprint density at radius 3 is 2.37 bits per heavy atom. The van der Waals surface area contributed by atoms with Crippen molar-refractivity contribution in [1.29, 1.82) is 0 Å². The number of ether oxygens (including phenoxy) is 2. The number of carboxylic acid groups (broad SMARTS) is 1. The van der Waals surface area contributed by atoms with Gasteiger partial charge in [-0.05, 0) is 29.1 Å². The first-order chi connectivity index (χ1) is 13.0. The number of alkyl halides is 2. The lowest BCUT2D eigenvalue weighted by Gasteiger charge is -2.13. The molecule has 0 spiro atoms. The highest BCUT2D eigenvalue weighted by Crippen LogP contribution is 2.33. The van der Waals surface area contributed by atoms with Crippen molar-refractivity contribution < 1.29 is 24.2 Å². The van der Waals surface area contributed by atoms with E-state index in [-0.39, 0.29) is 11.3 Å². The van der Waals surface area contributed by atoms with Crippen LogP contribution in [0.1, 0.15) is 15.9 Å². The van der Waals surface area contributed by atoms with Crippen molar-refractivity contribution in [3.8, 4) is 11.5 Å².